The fourth-order valence-electron chi connectivity index (χ4n) is 4.31. The Balaban J connectivity index is 2.03. The molecule has 2 N–H and O–H groups in total. The van der Waals surface area contributed by atoms with E-state index in [-0.39, 0.29) is 17.9 Å². The van der Waals surface area contributed by atoms with Crippen LogP contribution in [0.15, 0.2) is 36.4 Å². The number of hydrogen-bond acceptors (Lipinski definition) is 4. The molecule has 7 heteroatoms. The number of nitrogens with one attached hydrogen (secondary N) is 2. The molecular weight excluding hydrogens is 413 g/mol. The second kappa shape index (κ2) is 10.8. The van der Waals surface area contributed by atoms with E-state index < -0.39 is 0 Å². The zero-order valence-electron chi connectivity index (χ0n) is 18.7. The molecule has 0 bridgehead atoms. The molecule has 0 spiro atoms. The molecule has 1 aliphatic rings. The van der Waals surface area contributed by atoms with E-state index in [2.05, 4.69) is 34.6 Å². The van der Waals surface area contributed by atoms with Crippen molar-refractivity contribution in [3.63, 3.8) is 0 Å². The number of halogens is 1. The van der Waals surface area contributed by atoms with Crippen molar-refractivity contribution in [2.24, 2.45) is 0 Å². The highest BCUT2D eigenvalue weighted by Crippen LogP contribution is 2.40. The van der Waals surface area contributed by atoms with Crippen LogP contribution < -0.4 is 20.1 Å². The smallest absolute Gasteiger partial charge is 0.166 e. The maximum absolute atomic E-state index is 14.5. The van der Waals surface area contributed by atoms with Crippen LogP contribution in [0, 0.1) is 5.82 Å². The highest BCUT2D eigenvalue weighted by atomic mass is 32.1. The SMILES string of the molecule is CCNC(=S)NC(CC)C1c2cc(OC)c(OC)cc2CCN1Cc1ccccc1F. The Morgan fingerprint density at radius 3 is 2.55 bits per heavy atom. The highest BCUT2D eigenvalue weighted by molar-refractivity contribution is 7.80. The average molecular weight is 446 g/mol. The summed E-state index contributed by atoms with van der Waals surface area (Å²) in [4.78, 5) is 2.34. The van der Waals surface area contributed by atoms with Gasteiger partial charge in [0.2, 0.25) is 0 Å². The van der Waals surface area contributed by atoms with E-state index in [1.807, 2.05) is 19.1 Å². The van der Waals surface area contributed by atoms with Gasteiger partial charge in [0.15, 0.2) is 16.6 Å². The van der Waals surface area contributed by atoms with E-state index in [1.165, 1.54) is 17.2 Å². The molecule has 0 saturated carbocycles. The van der Waals surface area contributed by atoms with E-state index in [1.54, 1.807) is 20.3 Å². The zero-order chi connectivity index (χ0) is 22.4. The van der Waals surface area contributed by atoms with Gasteiger partial charge in [-0.3, -0.25) is 4.90 Å². The quantitative estimate of drug-likeness (QED) is 0.594. The van der Waals surface area contributed by atoms with E-state index in [9.17, 15) is 4.39 Å². The van der Waals surface area contributed by atoms with Crippen LogP contribution in [0.2, 0.25) is 0 Å². The van der Waals surface area contributed by atoms with Crippen molar-refractivity contribution >= 4 is 17.3 Å². The number of methoxy groups -OCH3 is 2. The lowest BCUT2D eigenvalue weighted by Crippen LogP contribution is -2.50. The molecular formula is C24H32FN3O2S. The molecule has 3 rings (SSSR count). The third-order valence-electron chi connectivity index (χ3n) is 5.83. The number of nitrogens with zero attached hydrogens (tertiary/aromatic N) is 1. The first kappa shape index (κ1) is 23.3. The molecule has 1 heterocycles. The van der Waals surface area contributed by atoms with Crippen LogP contribution in [-0.2, 0) is 13.0 Å². The Morgan fingerprint density at radius 1 is 1.19 bits per heavy atom. The summed E-state index contributed by atoms with van der Waals surface area (Å²) in [7, 11) is 3.30. The molecule has 2 atom stereocenters. The van der Waals surface area contributed by atoms with Crippen LogP contribution >= 0.6 is 12.2 Å². The number of benzene rings is 2. The monoisotopic (exact) mass is 445 g/mol. The van der Waals surface area contributed by atoms with Gasteiger partial charge in [-0.2, -0.15) is 0 Å². The molecule has 0 aromatic heterocycles. The third kappa shape index (κ3) is 5.28. The Kier molecular flexibility index (Phi) is 8.09. The largest absolute Gasteiger partial charge is 0.493 e. The van der Waals surface area contributed by atoms with Gasteiger partial charge in [0.05, 0.1) is 20.3 Å². The number of ether oxygens (including phenoxy) is 2. The standard InChI is InChI=1S/C24H32FN3O2S/c1-5-20(27-24(31)26-6-2)23-18-14-22(30-4)21(29-3)13-16(18)11-12-28(23)15-17-9-7-8-10-19(17)25/h7-10,13-14,20,23H,5-6,11-12,15H2,1-4H3,(H2,26,27,31). The van der Waals surface area contributed by atoms with Crippen LogP contribution in [0.5, 0.6) is 11.5 Å². The molecule has 0 aliphatic carbocycles. The normalized spacial score (nSPS) is 16.9. The molecule has 0 amide bonds. The molecule has 0 saturated heterocycles. The summed E-state index contributed by atoms with van der Waals surface area (Å²) in [5, 5.41) is 7.30. The predicted molar refractivity (Wildman–Crippen MR) is 126 cm³/mol. The van der Waals surface area contributed by atoms with Crippen molar-refractivity contribution < 1.29 is 13.9 Å². The molecule has 0 radical (unpaired) electrons. The maximum atomic E-state index is 14.5. The fourth-order valence-corrected chi connectivity index (χ4v) is 4.60. The van der Waals surface area contributed by atoms with Crippen molar-refractivity contribution in [1.82, 2.24) is 15.5 Å². The lowest BCUT2D eigenvalue weighted by atomic mass is 9.86. The molecule has 5 nitrogen and oxygen atoms in total. The second-order valence-electron chi connectivity index (χ2n) is 7.68. The maximum Gasteiger partial charge on any atom is 0.166 e. The lowest BCUT2D eigenvalue weighted by molar-refractivity contribution is 0.140. The summed E-state index contributed by atoms with van der Waals surface area (Å²) in [6.45, 7) is 6.26. The number of rotatable bonds is 8. The van der Waals surface area contributed by atoms with Crippen LogP contribution in [0.3, 0.4) is 0 Å². The van der Waals surface area contributed by atoms with Gasteiger partial charge in [0, 0.05) is 31.2 Å². The molecule has 31 heavy (non-hydrogen) atoms. The fraction of sp³-hybridized carbons (Fsp3) is 0.458. The van der Waals surface area contributed by atoms with E-state index in [0.29, 0.717) is 23.0 Å². The summed E-state index contributed by atoms with van der Waals surface area (Å²) in [6, 6.07) is 11.2. The molecule has 2 aromatic carbocycles. The van der Waals surface area contributed by atoms with Crippen LogP contribution in [0.4, 0.5) is 4.39 Å². The van der Waals surface area contributed by atoms with E-state index in [0.717, 1.165) is 31.7 Å². The van der Waals surface area contributed by atoms with Crippen LogP contribution in [-0.4, -0.2) is 43.4 Å². The van der Waals surface area contributed by atoms with Crippen LogP contribution in [0.1, 0.15) is 43.0 Å². The lowest BCUT2D eigenvalue weighted by Gasteiger charge is -2.42. The van der Waals surface area contributed by atoms with Gasteiger partial charge in [-0.15, -0.1) is 0 Å². The Morgan fingerprint density at radius 2 is 1.90 bits per heavy atom. The Bertz CT molecular complexity index is 908. The molecule has 168 valence electrons. The van der Waals surface area contributed by atoms with Crippen molar-refractivity contribution in [1.29, 1.82) is 0 Å². The van der Waals surface area contributed by atoms with Crippen molar-refractivity contribution in [2.75, 3.05) is 27.3 Å². The first-order valence-electron chi connectivity index (χ1n) is 10.8. The third-order valence-corrected chi connectivity index (χ3v) is 6.09. The predicted octanol–water partition coefficient (Wildman–Crippen LogP) is 4.20. The van der Waals surface area contributed by atoms with Gasteiger partial charge < -0.3 is 20.1 Å². The number of hydrogen-bond donors (Lipinski definition) is 2. The highest BCUT2D eigenvalue weighted by Gasteiger charge is 2.35. The topological polar surface area (TPSA) is 45.8 Å². The minimum Gasteiger partial charge on any atom is -0.493 e. The van der Waals surface area contributed by atoms with E-state index in [4.69, 9.17) is 21.7 Å². The molecule has 1 aliphatic heterocycles. The van der Waals surface area contributed by atoms with Crippen molar-refractivity contribution in [3.05, 3.63) is 58.9 Å². The van der Waals surface area contributed by atoms with Gasteiger partial charge in [0.1, 0.15) is 5.82 Å². The summed E-state index contributed by atoms with van der Waals surface area (Å²) >= 11 is 5.50. The van der Waals surface area contributed by atoms with Gasteiger partial charge >= 0.3 is 0 Å². The Labute approximate surface area is 189 Å². The molecule has 0 fully saturated rings. The minimum atomic E-state index is -0.177. The first-order chi connectivity index (χ1) is 15.0. The minimum absolute atomic E-state index is 0.00442. The van der Waals surface area contributed by atoms with Gasteiger partial charge in [-0.25, -0.2) is 4.39 Å². The molecule has 2 unspecified atom stereocenters. The zero-order valence-corrected chi connectivity index (χ0v) is 19.5. The summed E-state index contributed by atoms with van der Waals surface area (Å²) in [5.74, 6) is 1.25. The van der Waals surface area contributed by atoms with Crippen LogP contribution in [0.25, 0.3) is 0 Å². The van der Waals surface area contributed by atoms with Crippen molar-refractivity contribution in [3.8, 4) is 11.5 Å². The second-order valence-corrected chi connectivity index (χ2v) is 8.09. The first-order valence-corrected chi connectivity index (χ1v) is 11.2. The Hall–Kier alpha value is -2.38. The average Bonchev–Trinajstić information content (AvgIpc) is 2.78. The van der Waals surface area contributed by atoms with Gasteiger partial charge in [-0.05, 0) is 61.3 Å². The van der Waals surface area contributed by atoms with Crippen molar-refractivity contribution in [2.45, 2.75) is 45.3 Å². The van der Waals surface area contributed by atoms with E-state index >= 15 is 0 Å². The van der Waals surface area contributed by atoms with Gasteiger partial charge in [-0.1, -0.05) is 25.1 Å². The molecule has 2 aromatic rings. The summed E-state index contributed by atoms with van der Waals surface area (Å²) in [6.07, 6.45) is 1.71. The number of thiocarbonyl (C=S) groups is 1. The summed E-state index contributed by atoms with van der Waals surface area (Å²) < 4.78 is 25.6. The summed E-state index contributed by atoms with van der Waals surface area (Å²) in [5.41, 5.74) is 3.08. The number of fused-ring (bicyclic) bond motifs is 1. The van der Waals surface area contributed by atoms with Gasteiger partial charge in [0.25, 0.3) is 0 Å².